The van der Waals surface area contributed by atoms with Crippen LogP contribution in [-0.2, 0) is 16.2 Å². The second-order valence-corrected chi connectivity index (χ2v) is 7.62. The monoisotopic (exact) mass is 386 g/mol. The molecule has 0 radical (unpaired) electrons. The van der Waals surface area contributed by atoms with Crippen molar-refractivity contribution in [2.75, 3.05) is 19.6 Å². The van der Waals surface area contributed by atoms with E-state index in [1.807, 2.05) is 6.92 Å². The van der Waals surface area contributed by atoms with Crippen LogP contribution in [0.25, 0.3) is 0 Å². The summed E-state index contributed by atoms with van der Waals surface area (Å²) in [4.78, 5) is -0.355. The van der Waals surface area contributed by atoms with Gasteiger partial charge in [-0.3, -0.25) is 0 Å². The van der Waals surface area contributed by atoms with Crippen molar-refractivity contribution in [1.82, 2.24) is 9.62 Å². The fraction of sp³-hybridized carbons (Fsp3) is 0.500. The third-order valence-corrected chi connectivity index (χ3v) is 6.07. The lowest BCUT2D eigenvalue weighted by atomic mass is 10.2. The number of rotatable bonds is 2. The van der Waals surface area contributed by atoms with Crippen molar-refractivity contribution in [3.8, 4) is 0 Å². The number of hydrogen-bond donors (Lipinski definition) is 1. The summed E-state index contributed by atoms with van der Waals surface area (Å²) in [6.45, 7) is 2.75. The Morgan fingerprint density at radius 1 is 1.38 bits per heavy atom. The number of sulfonamides is 1. The molecule has 1 aromatic rings. The van der Waals surface area contributed by atoms with Gasteiger partial charge in [-0.25, -0.2) is 8.42 Å². The number of nitrogens with zero attached hydrogens (tertiary/aromatic N) is 1. The first-order chi connectivity index (χ1) is 9.62. The van der Waals surface area contributed by atoms with Gasteiger partial charge in [0.25, 0.3) is 0 Å². The third kappa shape index (κ3) is 3.58. The van der Waals surface area contributed by atoms with Crippen molar-refractivity contribution >= 4 is 26.0 Å². The number of nitrogens with one attached hydrogen (secondary N) is 1. The van der Waals surface area contributed by atoms with Crippen molar-refractivity contribution in [2.45, 2.75) is 24.0 Å². The number of hydrogen-bond acceptors (Lipinski definition) is 3. The summed E-state index contributed by atoms with van der Waals surface area (Å²) in [6, 6.07) is 2.59. The highest BCUT2D eigenvalue weighted by Gasteiger charge is 2.35. The van der Waals surface area contributed by atoms with Crippen LogP contribution in [0.4, 0.5) is 13.2 Å². The van der Waals surface area contributed by atoms with Crippen LogP contribution in [-0.4, -0.2) is 38.4 Å². The molecule has 1 aliphatic heterocycles. The minimum absolute atomic E-state index is 0.0434. The van der Waals surface area contributed by atoms with Crippen LogP contribution in [0.3, 0.4) is 0 Å². The van der Waals surface area contributed by atoms with E-state index in [4.69, 9.17) is 0 Å². The molecule has 0 bridgehead atoms. The Labute approximate surface area is 129 Å². The summed E-state index contributed by atoms with van der Waals surface area (Å²) in [6.07, 6.45) is -4.58. The molecular formula is C12H14BrF3N2O2S. The zero-order chi connectivity index (χ0) is 15.8. The summed E-state index contributed by atoms with van der Waals surface area (Å²) in [7, 11) is -3.96. The molecule has 0 aromatic heterocycles. The van der Waals surface area contributed by atoms with Crippen LogP contribution < -0.4 is 5.32 Å². The SMILES string of the molecule is CC1CN(S(=O)(=O)c2cc(C(F)(F)F)ccc2Br)CCN1. The van der Waals surface area contributed by atoms with E-state index < -0.39 is 21.8 Å². The van der Waals surface area contributed by atoms with Crippen LogP contribution in [0.2, 0.25) is 0 Å². The maximum atomic E-state index is 12.8. The normalized spacial score (nSPS) is 21.5. The predicted molar refractivity (Wildman–Crippen MR) is 75.4 cm³/mol. The van der Waals surface area contributed by atoms with Gasteiger partial charge in [-0.15, -0.1) is 0 Å². The van der Waals surface area contributed by atoms with Crippen LogP contribution in [0, 0.1) is 0 Å². The fourth-order valence-electron chi connectivity index (χ4n) is 2.13. The van der Waals surface area contributed by atoms with E-state index in [0.29, 0.717) is 12.6 Å². The van der Waals surface area contributed by atoms with Gasteiger partial charge in [-0.05, 0) is 41.1 Å². The highest BCUT2D eigenvalue weighted by molar-refractivity contribution is 9.10. The summed E-state index contributed by atoms with van der Waals surface area (Å²) in [5, 5.41) is 3.09. The Kier molecular flexibility index (Phi) is 4.67. The molecule has 0 saturated carbocycles. The molecule has 2 rings (SSSR count). The van der Waals surface area contributed by atoms with Gasteiger partial charge in [0.05, 0.1) is 10.5 Å². The van der Waals surface area contributed by atoms with E-state index in [2.05, 4.69) is 21.2 Å². The minimum atomic E-state index is -4.58. The molecule has 1 fully saturated rings. The molecule has 4 nitrogen and oxygen atoms in total. The maximum absolute atomic E-state index is 12.8. The van der Waals surface area contributed by atoms with Gasteiger partial charge in [0, 0.05) is 30.1 Å². The smallest absolute Gasteiger partial charge is 0.312 e. The molecule has 0 amide bonds. The molecule has 21 heavy (non-hydrogen) atoms. The Hall–Kier alpha value is -0.640. The molecule has 1 heterocycles. The van der Waals surface area contributed by atoms with E-state index in [-0.39, 0.29) is 28.5 Å². The van der Waals surface area contributed by atoms with Gasteiger partial charge in [0.2, 0.25) is 10.0 Å². The van der Waals surface area contributed by atoms with E-state index in [1.165, 1.54) is 4.31 Å². The highest BCUT2D eigenvalue weighted by Crippen LogP contribution is 2.34. The molecular weight excluding hydrogens is 373 g/mol. The van der Waals surface area contributed by atoms with Gasteiger partial charge in [-0.1, -0.05) is 0 Å². The van der Waals surface area contributed by atoms with Gasteiger partial charge >= 0.3 is 6.18 Å². The quantitative estimate of drug-likeness (QED) is 0.849. The predicted octanol–water partition coefficient (Wildman–Crippen LogP) is 2.45. The van der Waals surface area contributed by atoms with Gasteiger partial charge in [0.15, 0.2) is 0 Å². The zero-order valence-corrected chi connectivity index (χ0v) is 13.5. The first-order valence-electron chi connectivity index (χ1n) is 6.22. The summed E-state index contributed by atoms with van der Waals surface area (Å²) >= 11 is 3.03. The number of benzene rings is 1. The molecule has 1 atom stereocenters. The molecule has 1 aromatic carbocycles. The average molecular weight is 387 g/mol. The van der Waals surface area contributed by atoms with Crippen LogP contribution in [0.5, 0.6) is 0 Å². The number of alkyl halides is 3. The third-order valence-electron chi connectivity index (χ3n) is 3.21. The molecule has 0 spiro atoms. The van der Waals surface area contributed by atoms with Crippen LogP contribution >= 0.6 is 15.9 Å². The molecule has 1 aliphatic rings. The summed E-state index contributed by atoms with van der Waals surface area (Å²) in [5.74, 6) is 0. The van der Waals surface area contributed by atoms with E-state index in [9.17, 15) is 21.6 Å². The Morgan fingerprint density at radius 2 is 2.05 bits per heavy atom. The Balaban J connectivity index is 2.44. The fourth-order valence-corrected chi connectivity index (χ4v) is 4.61. The minimum Gasteiger partial charge on any atom is -0.312 e. The summed E-state index contributed by atoms with van der Waals surface area (Å²) in [5.41, 5.74) is -0.979. The lowest BCUT2D eigenvalue weighted by molar-refractivity contribution is -0.137. The first-order valence-corrected chi connectivity index (χ1v) is 8.46. The van der Waals surface area contributed by atoms with Crippen LogP contribution in [0.1, 0.15) is 12.5 Å². The van der Waals surface area contributed by atoms with E-state index in [1.54, 1.807) is 0 Å². The van der Waals surface area contributed by atoms with Crippen molar-refractivity contribution in [1.29, 1.82) is 0 Å². The second kappa shape index (κ2) is 5.86. The Bertz CT molecular complexity index is 634. The molecule has 1 N–H and O–H groups in total. The van der Waals surface area contributed by atoms with E-state index >= 15 is 0 Å². The lowest BCUT2D eigenvalue weighted by Crippen LogP contribution is -2.51. The molecule has 9 heteroatoms. The first kappa shape index (κ1) is 16.7. The highest BCUT2D eigenvalue weighted by atomic mass is 79.9. The second-order valence-electron chi connectivity index (χ2n) is 4.86. The zero-order valence-electron chi connectivity index (χ0n) is 11.1. The average Bonchev–Trinajstić information content (AvgIpc) is 2.37. The molecule has 1 unspecified atom stereocenters. The Morgan fingerprint density at radius 3 is 2.62 bits per heavy atom. The van der Waals surface area contributed by atoms with Crippen molar-refractivity contribution in [3.63, 3.8) is 0 Å². The summed E-state index contributed by atoms with van der Waals surface area (Å²) < 4.78 is 64.7. The van der Waals surface area contributed by atoms with Crippen molar-refractivity contribution in [3.05, 3.63) is 28.2 Å². The van der Waals surface area contributed by atoms with Crippen molar-refractivity contribution < 1.29 is 21.6 Å². The maximum Gasteiger partial charge on any atom is 0.416 e. The molecule has 118 valence electrons. The topological polar surface area (TPSA) is 49.4 Å². The van der Waals surface area contributed by atoms with Crippen LogP contribution in [0.15, 0.2) is 27.6 Å². The standard InChI is InChI=1S/C12H14BrF3N2O2S/c1-8-7-18(5-4-17-8)21(19,20)11-6-9(12(14,15)16)2-3-10(11)13/h2-3,6,8,17H,4-5,7H2,1H3. The largest absolute Gasteiger partial charge is 0.416 e. The molecule has 1 saturated heterocycles. The van der Waals surface area contributed by atoms with Gasteiger partial charge in [0.1, 0.15) is 0 Å². The number of halogens is 4. The van der Waals surface area contributed by atoms with Gasteiger partial charge in [-0.2, -0.15) is 17.5 Å². The lowest BCUT2D eigenvalue weighted by Gasteiger charge is -2.31. The van der Waals surface area contributed by atoms with Gasteiger partial charge < -0.3 is 5.32 Å². The van der Waals surface area contributed by atoms with E-state index in [0.717, 1.165) is 12.1 Å². The number of piperazine rings is 1. The molecule has 0 aliphatic carbocycles. The van der Waals surface area contributed by atoms with Crippen molar-refractivity contribution in [2.24, 2.45) is 0 Å².